The summed E-state index contributed by atoms with van der Waals surface area (Å²) in [6.07, 6.45) is 0. The van der Waals surface area contributed by atoms with Crippen LogP contribution in [-0.4, -0.2) is 61.6 Å². The van der Waals surface area contributed by atoms with Crippen molar-refractivity contribution in [3.8, 4) is 0 Å². The molecule has 0 bridgehead atoms. The summed E-state index contributed by atoms with van der Waals surface area (Å²) in [4.78, 5) is 60.1. The highest BCUT2D eigenvalue weighted by molar-refractivity contribution is 5.88. The average Bonchev–Trinajstić information content (AvgIpc) is 3.10. The molecule has 13 heteroatoms. The van der Waals surface area contributed by atoms with Gasteiger partial charge in [0.15, 0.2) is 11.2 Å². The van der Waals surface area contributed by atoms with Crippen molar-refractivity contribution in [2.45, 2.75) is 26.4 Å². The molecule has 0 unspecified atom stereocenters. The summed E-state index contributed by atoms with van der Waals surface area (Å²) in [6.45, 7) is 2.71. The number of methoxy groups -OCH3 is 1. The van der Waals surface area contributed by atoms with Crippen LogP contribution in [0, 0.1) is 5.92 Å². The lowest BCUT2D eigenvalue weighted by Crippen LogP contribution is -2.48. The van der Waals surface area contributed by atoms with E-state index < -0.39 is 35.1 Å². The van der Waals surface area contributed by atoms with Crippen LogP contribution in [-0.2, 0) is 39.8 Å². The minimum absolute atomic E-state index is 0.0141. The Morgan fingerprint density at radius 3 is 2.34 bits per heavy atom. The molecule has 0 saturated carbocycles. The number of fused-ring (bicyclic) bond motifs is 1. The van der Waals surface area contributed by atoms with Gasteiger partial charge in [0.05, 0.1) is 13.7 Å². The van der Waals surface area contributed by atoms with Crippen molar-refractivity contribution in [2.24, 2.45) is 20.0 Å². The van der Waals surface area contributed by atoms with Crippen LogP contribution in [0.2, 0.25) is 0 Å². The number of nitrogens with zero attached hydrogens (tertiary/aromatic N) is 5. The highest BCUT2D eigenvalue weighted by atomic mass is 16.5. The Kier molecular flexibility index (Phi) is 6.51. The van der Waals surface area contributed by atoms with Gasteiger partial charge in [0.25, 0.3) is 5.56 Å². The third-order valence-corrected chi connectivity index (χ3v) is 4.29. The summed E-state index contributed by atoms with van der Waals surface area (Å²) in [5.74, 6) is -1.98. The molecule has 0 aliphatic rings. The van der Waals surface area contributed by atoms with Crippen LogP contribution < -0.4 is 21.9 Å². The third-order valence-electron chi connectivity index (χ3n) is 4.29. The lowest BCUT2D eigenvalue weighted by Gasteiger charge is -2.19. The van der Waals surface area contributed by atoms with Crippen LogP contribution in [0.4, 0.5) is 0 Å². The van der Waals surface area contributed by atoms with Gasteiger partial charge in [-0.15, -0.1) is 5.10 Å². The second kappa shape index (κ2) is 8.67. The zero-order valence-corrected chi connectivity index (χ0v) is 16.8. The van der Waals surface area contributed by atoms with Crippen molar-refractivity contribution >= 4 is 28.9 Å². The Bertz CT molecular complexity index is 1060. The number of carbonyl (C=O) groups excluding carboxylic acids is 3. The molecule has 29 heavy (non-hydrogen) atoms. The summed E-state index contributed by atoms with van der Waals surface area (Å²) in [5, 5.41) is 12.4. The van der Waals surface area contributed by atoms with Gasteiger partial charge in [0.2, 0.25) is 11.8 Å². The van der Waals surface area contributed by atoms with Gasteiger partial charge in [0, 0.05) is 14.1 Å². The molecule has 0 spiro atoms. The van der Waals surface area contributed by atoms with Crippen molar-refractivity contribution in [3.63, 3.8) is 0 Å². The number of ether oxygens (including phenoxy) is 1. The van der Waals surface area contributed by atoms with Gasteiger partial charge in [-0.2, -0.15) is 0 Å². The fourth-order valence-electron chi connectivity index (χ4n) is 2.63. The number of rotatable bonds is 7. The molecule has 2 heterocycles. The highest BCUT2D eigenvalue weighted by Crippen LogP contribution is 2.04. The molecule has 0 saturated heterocycles. The number of aryl methyl sites for hydroxylation is 1. The van der Waals surface area contributed by atoms with Gasteiger partial charge in [-0.1, -0.05) is 19.1 Å². The van der Waals surface area contributed by atoms with E-state index in [9.17, 15) is 24.0 Å². The van der Waals surface area contributed by atoms with Gasteiger partial charge in [-0.3, -0.25) is 23.5 Å². The SMILES string of the molecule is COC(=O)[C@@H](NC(=O)CNC(=O)Cn1nnc2c1c(=O)n(C)c(=O)n2C)C(C)C. The van der Waals surface area contributed by atoms with Crippen molar-refractivity contribution < 1.29 is 19.1 Å². The predicted molar refractivity (Wildman–Crippen MR) is 99.8 cm³/mol. The van der Waals surface area contributed by atoms with Crippen molar-refractivity contribution in [1.82, 2.24) is 34.8 Å². The molecule has 1 atom stereocenters. The molecule has 0 aromatic carbocycles. The second-order valence-electron chi connectivity index (χ2n) is 6.71. The van der Waals surface area contributed by atoms with E-state index in [-0.39, 0.29) is 30.2 Å². The van der Waals surface area contributed by atoms with E-state index in [1.54, 1.807) is 13.8 Å². The molecule has 2 N–H and O–H groups in total. The van der Waals surface area contributed by atoms with E-state index in [1.165, 1.54) is 21.2 Å². The molecule has 2 amide bonds. The van der Waals surface area contributed by atoms with Crippen molar-refractivity contribution in [1.29, 1.82) is 0 Å². The first-order valence-electron chi connectivity index (χ1n) is 8.71. The maximum atomic E-state index is 12.3. The molecule has 2 rings (SSSR count). The highest BCUT2D eigenvalue weighted by Gasteiger charge is 2.25. The lowest BCUT2D eigenvalue weighted by molar-refractivity contribution is -0.146. The maximum absolute atomic E-state index is 12.3. The maximum Gasteiger partial charge on any atom is 0.332 e. The zero-order valence-electron chi connectivity index (χ0n) is 16.8. The molecule has 13 nitrogen and oxygen atoms in total. The van der Waals surface area contributed by atoms with E-state index in [1.807, 2.05) is 0 Å². The van der Waals surface area contributed by atoms with Crippen LogP contribution in [0.1, 0.15) is 13.8 Å². The van der Waals surface area contributed by atoms with Gasteiger partial charge in [-0.05, 0) is 5.92 Å². The van der Waals surface area contributed by atoms with Gasteiger partial charge >= 0.3 is 11.7 Å². The molecule has 2 aromatic rings. The van der Waals surface area contributed by atoms with Crippen LogP contribution in [0.3, 0.4) is 0 Å². The summed E-state index contributed by atoms with van der Waals surface area (Å²) in [6, 6.07) is -0.840. The topological polar surface area (TPSA) is 159 Å². The Morgan fingerprint density at radius 1 is 1.10 bits per heavy atom. The number of esters is 1. The molecule has 158 valence electrons. The number of aromatic nitrogens is 5. The van der Waals surface area contributed by atoms with Crippen LogP contribution in [0.5, 0.6) is 0 Å². The molecule has 0 radical (unpaired) electrons. The van der Waals surface area contributed by atoms with E-state index in [2.05, 4.69) is 25.7 Å². The monoisotopic (exact) mass is 409 g/mol. The molecule has 0 fully saturated rings. The third kappa shape index (κ3) is 4.50. The molecule has 0 aliphatic heterocycles. The zero-order chi connectivity index (χ0) is 21.9. The Hall–Kier alpha value is -3.51. The number of carbonyl (C=O) groups is 3. The summed E-state index contributed by atoms with van der Waals surface area (Å²) in [5.41, 5.74) is -1.18. The van der Waals surface area contributed by atoms with E-state index in [0.29, 0.717) is 0 Å². The molecule has 0 aliphatic carbocycles. The fraction of sp³-hybridized carbons (Fsp3) is 0.562. The quantitative estimate of drug-likeness (QED) is 0.466. The van der Waals surface area contributed by atoms with E-state index in [0.717, 1.165) is 13.8 Å². The Balaban J connectivity index is 2.07. The number of amides is 2. The van der Waals surface area contributed by atoms with Crippen molar-refractivity contribution in [2.75, 3.05) is 13.7 Å². The largest absolute Gasteiger partial charge is 0.467 e. The molecular formula is C16H23N7O6. The van der Waals surface area contributed by atoms with E-state index >= 15 is 0 Å². The number of hydrogen-bond acceptors (Lipinski definition) is 8. The smallest absolute Gasteiger partial charge is 0.332 e. The first kappa shape index (κ1) is 21.8. The average molecular weight is 409 g/mol. The van der Waals surface area contributed by atoms with E-state index in [4.69, 9.17) is 0 Å². The number of hydrogen-bond donors (Lipinski definition) is 2. The summed E-state index contributed by atoms with van der Waals surface area (Å²) < 4.78 is 7.71. The normalized spacial score (nSPS) is 12.1. The van der Waals surface area contributed by atoms with Gasteiger partial charge in [0.1, 0.15) is 12.6 Å². The second-order valence-corrected chi connectivity index (χ2v) is 6.71. The minimum Gasteiger partial charge on any atom is -0.467 e. The molecular weight excluding hydrogens is 386 g/mol. The first-order valence-corrected chi connectivity index (χ1v) is 8.71. The van der Waals surface area contributed by atoms with Crippen LogP contribution >= 0.6 is 0 Å². The minimum atomic E-state index is -0.840. The van der Waals surface area contributed by atoms with Crippen LogP contribution in [0.15, 0.2) is 9.59 Å². The fourth-order valence-corrected chi connectivity index (χ4v) is 2.63. The van der Waals surface area contributed by atoms with Gasteiger partial charge < -0.3 is 15.4 Å². The standard InChI is InChI=1S/C16H23N7O6/c1-8(2)11(15(27)29-5)18-9(24)6-17-10(25)7-23-12-13(19-20-23)21(3)16(28)22(4)14(12)26/h8,11H,6-7H2,1-5H3,(H,17,25)(H,18,24)/t11-/m0/s1. The van der Waals surface area contributed by atoms with Crippen LogP contribution in [0.25, 0.3) is 11.2 Å². The Labute approximate surface area is 164 Å². The predicted octanol–water partition coefficient (Wildman–Crippen LogP) is -2.74. The number of nitrogens with one attached hydrogen (secondary N) is 2. The summed E-state index contributed by atoms with van der Waals surface area (Å²) in [7, 11) is 3.95. The Morgan fingerprint density at radius 2 is 1.76 bits per heavy atom. The van der Waals surface area contributed by atoms with Crippen molar-refractivity contribution in [3.05, 3.63) is 20.8 Å². The van der Waals surface area contributed by atoms with Gasteiger partial charge in [-0.25, -0.2) is 14.3 Å². The first-order chi connectivity index (χ1) is 13.6. The lowest BCUT2D eigenvalue weighted by atomic mass is 10.0. The summed E-state index contributed by atoms with van der Waals surface area (Å²) >= 11 is 0. The molecule has 2 aromatic heterocycles.